The van der Waals surface area contributed by atoms with Gasteiger partial charge in [-0.25, -0.2) is 4.79 Å². The number of hydrogen-bond donors (Lipinski definition) is 3. The summed E-state index contributed by atoms with van der Waals surface area (Å²) in [4.78, 5) is 34.8. The fourth-order valence-corrected chi connectivity index (χ4v) is 2.20. The Bertz CT molecular complexity index is 551. The molecule has 1 atom stereocenters. The first-order valence-corrected chi connectivity index (χ1v) is 7.09. The van der Waals surface area contributed by atoms with E-state index in [1.807, 2.05) is 0 Å². The van der Waals surface area contributed by atoms with Crippen molar-refractivity contribution in [3.63, 3.8) is 0 Å². The van der Waals surface area contributed by atoms with Crippen LogP contribution >= 0.6 is 0 Å². The smallest absolute Gasteiger partial charge is 0.326 e. The molecule has 0 saturated carbocycles. The summed E-state index contributed by atoms with van der Waals surface area (Å²) in [6.45, 7) is 0.185. The van der Waals surface area contributed by atoms with Gasteiger partial charge in [-0.05, 0) is 6.42 Å². The van der Waals surface area contributed by atoms with Crippen LogP contribution in [0.4, 0.5) is 0 Å². The highest BCUT2D eigenvalue weighted by Gasteiger charge is 2.23. The van der Waals surface area contributed by atoms with E-state index in [0.29, 0.717) is 0 Å². The zero-order chi connectivity index (χ0) is 15.9. The Balaban J connectivity index is 1.77. The second-order valence-corrected chi connectivity index (χ2v) is 5.07. The number of hydrogen-bond acceptors (Lipinski definition) is 3. The van der Waals surface area contributed by atoms with Crippen molar-refractivity contribution in [1.82, 2.24) is 10.6 Å². The van der Waals surface area contributed by atoms with Gasteiger partial charge in [0, 0.05) is 6.54 Å². The van der Waals surface area contributed by atoms with Gasteiger partial charge in [-0.15, -0.1) is 0 Å². The van der Waals surface area contributed by atoms with Crippen molar-refractivity contribution >= 4 is 17.8 Å². The fraction of sp³-hybridized carbons (Fsp3) is 0.312. The second-order valence-electron chi connectivity index (χ2n) is 5.07. The molecule has 0 aromatic carbocycles. The monoisotopic (exact) mass is 302 g/mol. The van der Waals surface area contributed by atoms with Gasteiger partial charge in [-0.3, -0.25) is 9.59 Å². The number of aliphatic carboxylic acids is 1. The van der Waals surface area contributed by atoms with Crippen LogP contribution in [0.15, 0.2) is 48.6 Å². The van der Waals surface area contributed by atoms with Crippen LogP contribution in [0.1, 0.15) is 6.42 Å². The topological polar surface area (TPSA) is 95.5 Å². The van der Waals surface area contributed by atoms with Gasteiger partial charge in [-0.1, -0.05) is 48.6 Å². The van der Waals surface area contributed by atoms with Crippen LogP contribution < -0.4 is 10.6 Å². The summed E-state index contributed by atoms with van der Waals surface area (Å²) < 4.78 is 0. The first-order valence-electron chi connectivity index (χ1n) is 7.09. The van der Waals surface area contributed by atoms with Gasteiger partial charge < -0.3 is 15.7 Å². The number of rotatable bonds is 7. The van der Waals surface area contributed by atoms with E-state index in [2.05, 4.69) is 10.6 Å². The van der Waals surface area contributed by atoms with Crippen molar-refractivity contribution in [2.75, 3.05) is 6.54 Å². The Morgan fingerprint density at radius 1 is 0.909 bits per heavy atom. The van der Waals surface area contributed by atoms with Gasteiger partial charge in [0.25, 0.3) is 0 Å². The van der Waals surface area contributed by atoms with Crippen LogP contribution in [0.25, 0.3) is 0 Å². The number of amides is 2. The third kappa shape index (κ3) is 4.18. The van der Waals surface area contributed by atoms with Crippen molar-refractivity contribution in [1.29, 1.82) is 0 Å². The minimum absolute atomic E-state index is 0.132. The van der Waals surface area contributed by atoms with E-state index >= 15 is 0 Å². The molecule has 1 unspecified atom stereocenters. The highest BCUT2D eigenvalue weighted by atomic mass is 16.4. The molecule has 0 saturated heterocycles. The summed E-state index contributed by atoms with van der Waals surface area (Å²) in [5, 5.41) is 14.3. The molecule has 22 heavy (non-hydrogen) atoms. The molecule has 0 aromatic heterocycles. The molecular weight excluding hydrogens is 284 g/mol. The summed E-state index contributed by atoms with van der Waals surface area (Å²) in [7, 11) is 0. The summed E-state index contributed by atoms with van der Waals surface area (Å²) in [5.41, 5.74) is 0. The SMILES string of the molecule is O=C(NCCC(NC(=O)C1C=CC=C1)C(=O)O)C1C=CC=C1. The standard InChI is InChI=1S/C16H18N2O4/c19-14(11-5-1-2-6-11)17-10-9-13(16(21)22)18-15(20)12-7-3-4-8-12/h1-8,11-13H,9-10H2,(H,17,19)(H,18,20)(H,21,22). The molecule has 0 fully saturated rings. The molecule has 0 heterocycles. The lowest BCUT2D eigenvalue weighted by atomic mass is 10.1. The van der Waals surface area contributed by atoms with E-state index in [-0.39, 0.29) is 30.7 Å². The average Bonchev–Trinajstić information content (AvgIpc) is 3.18. The first-order chi connectivity index (χ1) is 10.6. The Labute approximate surface area is 128 Å². The van der Waals surface area contributed by atoms with E-state index < -0.39 is 17.9 Å². The predicted octanol–water partition coefficient (Wildman–Crippen LogP) is 0.546. The Morgan fingerprint density at radius 3 is 1.91 bits per heavy atom. The zero-order valence-electron chi connectivity index (χ0n) is 11.9. The third-order valence-electron chi connectivity index (χ3n) is 3.45. The zero-order valence-corrected chi connectivity index (χ0v) is 11.9. The van der Waals surface area contributed by atoms with E-state index in [4.69, 9.17) is 5.11 Å². The van der Waals surface area contributed by atoms with Crippen molar-refractivity contribution in [2.45, 2.75) is 12.5 Å². The Morgan fingerprint density at radius 2 is 1.41 bits per heavy atom. The number of carbonyl (C=O) groups is 3. The second kappa shape index (κ2) is 7.40. The van der Waals surface area contributed by atoms with Crippen LogP contribution in [0.5, 0.6) is 0 Å². The van der Waals surface area contributed by atoms with Crippen molar-refractivity contribution in [3.8, 4) is 0 Å². The summed E-state index contributed by atoms with van der Waals surface area (Å²) >= 11 is 0. The molecule has 0 bridgehead atoms. The normalized spacial score (nSPS) is 17.8. The molecule has 2 aliphatic carbocycles. The van der Waals surface area contributed by atoms with Crippen LogP contribution in [-0.2, 0) is 14.4 Å². The summed E-state index contributed by atoms with van der Waals surface area (Å²) in [6.07, 6.45) is 14.1. The van der Waals surface area contributed by atoms with Gasteiger partial charge >= 0.3 is 5.97 Å². The lowest BCUT2D eigenvalue weighted by Crippen LogP contribution is -2.45. The van der Waals surface area contributed by atoms with Gasteiger partial charge in [0.2, 0.25) is 11.8 Å². The van der Waals surface area contributed by atoms with E-state index in [1.165, 1.54) is 0 Å². The molecule has 0 aromatic rings. The maximum absolute atomic E-state index is 11.9. The van der Waals surface area contributed by atoms with Crippen LogP contribution in [0, 0.1) is 11.8 Å². The van der Waals surface area contributed by atoms with Gasteiger partial charge in [0.15, 0.2) is 0 Å². The van der Waals surface area contributed by atoms with Crippen LogP contribution in [0.3, 0.4) is 0 Å². The molecule has 6 nitrogen and oxygen atoms in total. The highest BCUT2D eigenvalue weighted by molar-refractivity contribution is 5.88. The number of allylic oxidation sites excluding steroid dienone is 4. The molecule has 0 radical (unpaired) electrons. The molecule has 0 spiro atoms. The van der Waals surface area contributed by atoms with Gasteiger partial charge in [0.1, 0.15) is 6.04 Å². The maximum atomic E-state index is 11.9. The van der Waals surface area contributed by atoms with E-state index in [0.717, 1.165) is 0 Å². The lowest BCUT2D eigenvalue weighted by molar-refractivity contribution is -0.142. The fourth-order valence-electron chi connectivity index (χ4n) is 2.20. The number of nitrogens with one attached hydrogen (secondary N) is 2. The number of carbonyl (C=O) groups excluding carboxylic acids is 2. The minimum Gasteiger partial charge on any atom is -0.480 e. The van der Waals surface area contributed by atoms with Crippen LogP contribution in [-0.4, -0.2) is 35.5 Å². The van der Waals surface area contributed by atoms with E-state index in [1.54, 1.807) is 48.6 Å². The van der Waals surface area contributed by atoms with Crippen molar-refractivity contribution in [2.24, 2.45) is 11.8 Å². The molecule has 3 N–H and O–H groups in total. The average molecular weight is 302 g/mol. The lowest BCUT2D eigenvalue weighted by Gasteiger charge is -2.17. The molecule has 2 amide bonds. The minimum atomic E-state index is -1.12. The number of carboxylic acids is 1. The predicted molar refractivity (Wildman–Crippen MR) is 80.7 cm³/mol. The molecule has 116 valence electrons. The molecule has 0 aliphatic heterocycles. The maximum Gasteiger partial charge on any atom is 0.326 e. The van der Waals surface area contributed by atoms with Gasteiger partial charge in [-0.2, -0.15) is 0 Å². The van der Waals surface area contributed by atoms with Gasteiger partial charge in [0.05, 0.1) is 11.8 Å². The van der Waals surface area contributed by atoms with Crippen molar-refractivity contribution < 1.29 is 19.5 Å². The Kier molecular flexibility index (Phi) is 5.30. The largest absolute Gasteiger partial charge is 0.480 e. The molecular formula is C16H18N2O4. The summed E-state index contributed by atoms with van der Waals surface area (Å²) in [5.74, 6) is -2.38. The Hall–Kier alpha value is -2.63. The highest BCUT2D eigenvalue weighted by Crippen LogP contribution is 2.10. The van der Waals surface area contributed by atoms with E-state index in [9.17, 15) is 14.4 Å². The molecule has 2 aliphatic rings. The number of carboxylic acid groups (broad SMARTS) is 1. The third-order valence-corrected chi connectivity index (χ3v) is 3.45. The molecule has 2 rings (SSSR count). The molecule has 6 heteroatoms. The summed E-state index contributed by atoms with van der Waals surface area (Å²) in [6, 6.07) is -1.02. The quantitative estimate of drug-likeness (QED) is 0.640. The first kappa shape index (κ1) is 15.8. The van der Waals surface area contributed by atoms with Crippen molar-refractivity contribution in [3.05, 3.63) is 48.6 Å². The van der Waals surface area contributed by atoms with Crippen LogP contribution in [0.2, 0.25) is 0 Å².